The third-order valence-electron chi connectivity index (χ3n) is 7.09. The summed E-state index contributed by atoms with van der Waals surface area (Å²) in [6.07, 6.45) is 12.8. The van der Waals surface area contributed by atoms with Gasteiger partial charge in [0.2, 0.25) is 0 Å². The third-order valence-corrected chi connectivity index (χ3v) is 7.09. The largest absolute Gasteiger partial charge is 0.507 e. The third kappa shape index (κ3) is 3.56. The molecule has 1 amide bonds. The summed E-state index contributed by atoms with van der Waals surface area (Å²) >= 11 is 0. The number of hydrogen-bond acceptors (Lipinski definition) is 4. The topological polar surface area (TPSA) is 70.5 Å². The summed E-state index contributed by atoms with van der Waals surface area (Å²) in [7, 11) is 0. The molecule has 3 aliphatic rings. The van der Waals surface area contributed by atoms with Crippen LogP contribution in [-0.4, -0.2) is 32.7 Å². The van der Waals surface area contributed by atoms with Gasteiger partial charge in [0.05, 0.1) is 11.6 Å². The number of carbonyl (C=O) groups is 2. The molecule has 1 atom stereocenters. The molecule has 2 aliphatic carbocycles. The van der Waals surface area contributed by atoms with Gasteiger partial charge in [-0.05, 0) is 73.4 Å². The van der Waals surface area contributed by atoms with E-state index in [9.17, 15) is 14.7 Å². The predicted octanol–water partition coefficient (Wildman–Crippen LogP) is 4.71. The Morgan fingerprint density at radius 2 is 1.61 bits per heavy atom. The van der Waals surface area contributed by atoms with Crippen LogP contribution in [0.3, 0.4) is 0 Å². The molecule has 5 rings (SSSR count). The van der Waals surface area contributed by atoms with Crippen molar-refractivity contribution in [3.8, 4) is 0 Å². The smallest absolute Gasteiger partial charge is 0.295 e. The van der Waals surface area contributed by atoms with E-state index in [-0.39, 0.29) is 17.4 Å². The van der Waals surface area contributed by atoms with Crippen LogP contribution in [0.5, 0.6) is 0 Å². The number of aliphatic hydroxyl groups is 1. The Kier molecular flexibility index (Phi) is 5.34. The molecule has 1 unspecified atom stereocenters. The molecule has 1 N–H and O–H groups in total. The molecule has 2 heterocycles. The summed E-state index contributed by atoms with van der Waals surface area (Å²) in [5.74, 6) is -1.14. The zero-order valence-electron chi connectivity index (χ0n) is 17.7. The van der Waals surface area contributed by atoms with E-state index >= 15 is 0 Å². The van der Waals surface area contributed by atoms with Crippen LogP contribution in [0.4, 0.5) is 0 Å². The van der Waals surface area contributed by atoms with Gasteiger partial charge in [-0.25, -0.2) is 0 Å². The first-order chi connectivity index (χ1) is 15.1. The molecule has 1 aliphatic heterocycles. The molecule has 1 saturated heterocycles. The molecule has 0 spiro atoms. The van der Waals surface area contributed by atoms with E-state index in [4.69, 9.17) is 0 Å². The van der Waals surface area contributed by atoms with Crippen LogP contribution in [0.25, 0.3) is 5.76 Å². The van der Waals surface area contributed by atoms with E-state index in [1.807, 2.05) is 24.3 Å². The Morgan fingerprint density at radius 1 is 0.903 bits per heavy atom. The zero-order valence-corrected chi connectivity index (χ0v) is 17.7. The minimum Gasteiger partial charge on any atom is -0.507 e. The van der Waals surface area contributed by atoms with Gasteiger partial charge >= 0.3 is 0 Å². The van der Waals surface area contributed by atoms with Crippen molar-refractivity contribution in [2.24, 2.45) is 0 Å². The van der Waals surface area contributed by atoms with Crippen molar-refractivity contribution in [1.82, 2.24) is 9.88 Å². The average Bonchev–Trinajstić information content (AvgIpc) is 3.10. The fourth-order valence-corrected chi connectivity index (χ4v) is 5.50. The first-order valence-electron chi connectivity index (χ1n) is 11.5. The quantitative estimate of drug-likeness (QED) is 0.447. The number of amides is 1. The monoisotopic (exact) mass is 416 g/mol. The Balaban J connectivity index is 1.63. The van der Waals surface area contributed by atoms with Crippen molar-refractivity contribution in [1.29, 1.82) is 0 Å². The summed E-state index contributed by atoms with van der Waals surface area (Å²) in [6, 6.07) is 9.08. The maximum atomic E-state index is 13.2. The lowest BCUT2D eigenvalue weighted by Crippen LogP contribution is -2.40. The predicted molar refractivity (Wildman–Crippen MR) is 118 cm³/mol. The van der Waals surface area contributed by atoms with Crippen molar-refractivity contribution in [2.45, 2.75) is 69.9 Å². The highest BCUT2D eigenvalue weighted by molar-refractivity contribution is 6.46. The van der Waals surface area contributed by atoms with Crippen molar-refractivity contribution in [2.75, 3.05) is 0 Å². The summed E-state index contributed by atoms with van der Waals surface area (Å²) in [5.41, 5.74) is 4.20. The number of aromatic nitrogens is 1. The summed E-state index contributed by atoms with van der Waals surface area (Å²) < 4.78 is 0. The highest BCUT2D eigenvalue weighted by Gasteiger charge is 2.48. The van der Waals surface area contributed by atoms with Gasteiger partial charge in [0.1, 0.15) is 5.76 Å². The van der Waals surface area contributed by atoms with Gasteiger partial charge in [0.25, 0.3) is 11.7 Å². The van der Waals surface area contributed by atoms with Crippen molar-refractivity contribution in [3.05, 3.63) is 70.6 Å². The minimum absolute atomic E-state index is 0.0252. The lowest BCUT2D eigenvalue weighted by atomic mass is 9.88. The number of fused-ring (bicyclic) bond motifs is 1. The molecular weight excluding hydrogens is 388 g/mol. The number of Topliss-reactive ketones (excluding diaryl/α,β-unsaturated/α-hetero) is 1. The number of benzene rings is 1. The second kappa shape index (κ2) is 8.29. The first-order valence-corrected chi connectivity index (χ1v) is 11.5. The van der Waals surface area contributed by atoms with Crippen molar-refractivity contribution >= 4 is 17.4 Å². The van der Waals surface area contributed by atoms with E-state index in [1.54, 1.807) is 17.3 Å². The fourth-order valence-electron chi connectivity index (χ4n) is 5.50. The number of likely N-dealkylation sites (tertiary alicyclic amines) is 1. The van der Waals surface area contributed by atoms with Crippen LogP contribution in [-0.2, 0) is 22.4 Å². The number of nitrogens with zero attached hydrogens (tertiary/aromatic N) is 2. The van der Waals surface area contributed by atoms with Crippen LogP contribution in [0.1, 0.15) is 73.2 Å². The van der Waals surface area contributed by atoms with Gasteiger partial charge in [-0.1, -0.05) is 31.4 Å². The van der Waals surface area contributed by atoms with E-state index in [0.717, 1.165) is 56.9 Å². The molecular formula is C26H28N2O3. The van der Waals surface area contributed by atoms with Crippen LogP contribution >= 0.6 is 0 Å². The van der Waals surface area contributed by atoms with Crippen LogP contribution in [0.2, 0.25) is 0 Å². The van der Waals surface area contributed by atoms with Gasteiger partial charge in [0.15, 0.2) is 0 Å². The Morgan fingerprint density at radius 3 is 2.35 bits per heavy atom. The van der Waals surface area contributed by atoms with Crippen LogP contribution < -0.4 is 0 Å². The average molecular weight is 417 g/mol. The first kappa shape index (κ1) is 20.0. The van der Waals surface area contributed by atoms with Gasteiger partial charge in [0, 0.05) is 24.0 Å². The second-order valence-corrected chi connectivity index (χ2v) is 8.97. The van der Waals surface area contributed by atoms with Gasteiger partial charge in [-0.3, -0.25) is 14.6 Å². The molecule has 160 valence electrons. The second-order valence-electron chi connectivity index (χ2n) is 8.97. The number of hydrogen-bond donors (Lipinski definition) is 1. The number of aliphatic hydroxyl groups excluding tert-OH is 1. The van der Waals surface area contributed by atoms with Gasteiger partial charge < -0.3 is 10.0 Å². The molecule has 1 aromatic carbocycles. The van der Waals surface area contributed by atoms with Crippen molar-refractivity contribution in [3.63, 3.8) is 0 Å². The van der Waals surface area contributed by atoms with Crippen molar-refractivity contribution < 1.29 is 14.7 Å². The molecule has 31 heavy (non-hydrogen) atoms. The fraction of sp³-hybridized carbons (Fsp3) is 0.423. The van der Waals surface area contributed by atoms with Crippen LogP contribution in [0.15, 0.2) is 48.3 Å². The Hall–Kier alpha value is -2.95. The van der Waals surface area contributed by atoms with E-state index in [0.29, 0.717) is 5.56 Å². The summed E-state index contributed by atoms with van der Waals surface area (Å²) in [4.78, 5) is 32.2. The van der Waals surface area contributed by atoms with Crippen LogP contribution in [0, 0.1) is 0 Å². The van der Waals surface area contributed by atoms with Gasteiger partial charge in [-0.15, -0.1) is 0 Å². The number of pyridine rings is 1. The normalized spacial score (nSPS) is 23.7. The number of aryl methyl sites for hydroxylation is 2. The standard InChI is InChI=1S/C26H28N2O3/c29-24(20-11-10-17-6-4-5-7-19(17)16-20)22-23(18-12-14-27-15-13-18)28(26(31)25(22)30)21-8-2-1-3-9-21/h10-16,21,23,29H,1-9H2/b24-22-. The zero-order chi connectivity index (χ0) is 21.4. The number of carbonyl (C=O) groups excluding carboxylic acids is 2. The lowest BCUT2D eigenvalue weighted by Gasteiger charge is -2.35. The maximum absolute atomic E-state index is 13.2. The van der Waals surface area contributed by atoms with E-state index in [1.165, 1.54) is 17.5 Å². The Bertz CT molecular complexity index is 1040. The highest BCUT2D eigenvalue weighted by atomic mass is 16.3. The maximum Gasteiger partial charge on any atom is 0.295 e. The molecule has 2 aromatic rings. The molecule has 5 nitrogen and oxygen atoms in total. The number of rotatable bonds is 3. The van der Waals surface area contributed by atoms with E-state index in [2.05, 4.69) is 11.1 Å². The molecule has 1 aromatic heterocycles. The lowest BCUT2D eigenvalue weighted by molar-refractivity contribution is -0.141. The summed E-state index contributed by atoms with van der Waals surface area (Å²) in [5, 5.41) is 11.3. The van der Waals surface area contributed by atoms with E-state index < -0.39 is 17.7 Å². The molecule has 5 heteroatoms. The molecule has 2 fully saturated rings. The highest BCUT2D eigenvalue weighted by Crippen LogP contribution is 2.43. The molecule has 0 bridgehead atoms. The number of ketones is 1. The minimum atomic E-state index is -0.581. The van der Waals surface area contributed by atoms with Gasteiger partial charge in [-0.2, -0.15) is 0 Å². The SMILES string of the molecule is O=C1C(=O)N(C2CCCCC2)C(c2ccncc2)/C1=C(/O)c1ccc2c(c1)CCCC2. The summed E-state index contributed by atoms with van der Waals surface area (Å²) in [6.45, 7) is 0. The Labute approximate surface area is 182 Å². The molecule has 0 radical (unpaired) electrons. The molecule has 1 saturated carbocycles.